The van der Waals surface area contributed by atoms with Crippen LogP contribution in [0, 0.1) is 5.92 Å². The fourth-order valence-electron chi connectivity index (χ4n) is 1.64. The van der Waals surface area contributed by atoms with E-state index in [1.54, 1.807) is 0 Å². The van der Waals surface area contributed by atoms with Crippen molar-refractivity contribution in [3.05, 3.63) is 28.2 Å². The first-order valence-electron chi connectivity index (χ1n) is 5.80. The Labute approximate surface area is 126 Å². The molecule has 4 nitrogen and oxygen atoms in total. The Kier molecular flexibility index (Phi) is 5.75. The second-order valence-corrected chi connectivity index (χ2v) is 5.80. The summed E-state index contributed by atoms with van der Waals surface area (Å²) in [6, 6.07) is 5.06. The van der Waals surface area contributed by atoms with Crippen molar-refractivity contribution in [1.29, 1.82) is 0 Å². The molecule has 0 heterocycles. The van der Waals surface area contributed by atoms with Crippen LogP contribution in [0.1, 0.15) is 19.4 Å². The molecule has 0 spiro atoms. The molecule has 0 saturated carbocycles. The molecule has 1 rings (SSSR count). The van der Waals surface area contributed by atoms with Crippen molar-refractivity contribution < 1.29 is 9.53 Å². The topological polar surface area (TPSA) is 64.3 Å². The lowest BCUT2D eigenvalue weighted by molar-refractivity contribution is -0.142. The summed E-state index contributed by atoms with van der Waals surface area (Å²) in [4.78, 5) is 12.0. The van der Waals surface area contributed by atoms with Gasteiger partial charge in [-0.05, 0) is 24.1 Å². The number of methoxy groups -OCH3 is 1. The number of carbonyl (C=O) groups excluding carboxylic acids is 1. The molecule has 1 unspecified atom stereocenters. The van der Waals surface area contributed by atoms with Crippen LogP contribution in [0.25, 0.3) is 0 Å². The summed E-state index contributed by atoms with van der Waals surface area (Å²) in [7, 11) is 1.37. The summed E-state index contributed by atoms with van der Waals surface area (Å²) in [5.74, 6) is -0.234. The highest BCUT2D eigenvalue weighted by atomic mass is 79.9. The number of thiocarbonyl (C=S) groups is 1. The van der Waals surface area contributed by atoms with Crippen LogP contribution >= 0.6 is 28.1 Å². The normalized spacial score (nSPS) is 12.1. The van der Waals surface area contributed by atoms with E-state index >= 15 is 0 Å². The first kappa shape index (κ1) is 15.9. The zero-order valence-electron chi connectivity index (χ0n) is 11.1. The van der Waals surface area contributed by atoms with Gasteiger partial charge in [-0.3, -0.25) is 0 Å². The zero-order valence-corrected chi connectivity index (χ0v) is 13.5. The number of esters is 1. The van der Waals surface area contributed by atoms with Gasteiger partial charge in [-0.25, -0.2) is 4.79 Å². The van der Waals surface area contributed by atoms with Gasteiger partial charge in [0.05, 0.1) is 7.11 Å². The minimum absolute atomic E-state index is 0.0790. The second-order valence-electron chi connectivity index (χ2n) is 4.44. The second kappa shape index (κ2) is 6.86. The van der Waals surface area contributed by atoms with Crippen LogP contribution in [-0.4, -0.2) is 24.1 Å². The third kappa shape index (κ3) is 4.18. The number of nitrogens with two attached hydrogens (primary N) is 1. The molecule has 1 aromatic rings. The molecule has 0 aliphatic heterocycles. The summed E-state index contributed by atoms with van der Waals surface area (Å²) < 4.78 is 5.67. The molecule has 19 heavy (non-hydrogen) atoms. The summed E-state index contributed by atoms with van der Waals surface area (Å²) in [5, 5.41) is 3.14. The molecule has 6 heteroatoms. The number of ether oxygens (including phenoxy) is 1. The van der Waals surface area contributed by atoms with Crippen LogP contribution in [0.4, 0.5) is 5.69 Å². The third-order valence-corrected chi connectivity index (χ3v) is 3.39. The van der Waals surface area contributed by atoms with Gasteiger partial charge in [0, 0.05) is 15.7 Å². The van der Waals surface area contributed by atoms with Gasteiger partial charge in [0.25, 0.3) is 0 Å². The smallest absolute Gasteiger partial charge is 0.328 e. The minimum Gasteiger partial charge on any atom is -0.467 e. The molecule has 0 fully saturated rings. The molecule has 104 valence electrons. The Morgan fingerprint density at radius 3 is 2.58 bits per heavy atom. The molecule has 0 amide bonds. The maximum absolute atomic E-state index is 11.7. The zero-order chi connectivity index (χ0) is 14.6. The molecule has 0 radical (unpaired) electrons. The quantitative estimate of drug-likeness (QED) is 0.635. The van der Waals surface area contributed by atoms with Crippen molar-refractivity contribution in [2.45, 2.75) is 19.9 Å². The molecule has 0 aliphatic rings. The van der Waals surface area contributed by atoms with E-state index in [0.717, 1.165) is 10.2 Å². The van der Waals surface area contributed by atoms with Crippen molar-refractivity contribution in [3.63, 3.8) is 0 Å². The van der Waals surface area contributed by atoms with Crippen LogP contribution in [0.15, 0.2) is 22.7 Å². The van der Waals surface area contributed by atoms with Gasteiger partial charge in [-0.1, -0.05) is 42.0 Å². The number of carbonyl (C=O) groups is 1. The van der Waals surface area contributed by atoms with E-state index < -0.39 is 6.04 Å². The number of rotatable bonds is 5. The highest BCUT2D eigenvalue weighted by molar-refractivity contribution is 9.10. The number of halogens is 1. The lowest BCUT2D eigenvalue weighted by atomic mass is 10.0. The van der Waals surface area contributed by atoms with Crippen molar-refractivity contribution in [2.75, 3.05) is 12.4 Å². The van der Waals surface area contributed by atoms with E-state index in [1.807, 2.05) is 32.0 Å². The van der Waals surface area contributed by atoms with Crippen LogP contribution in [-0.2, 0) is 9.53 Å². The highest BCUT2D eigenvalue weighted by Gasteiger charge is 2.23. The molecule has 3 N–H and O–H groups in total. The summed E-state index contributed by atoms with van der Waals surface area (Å²) >= 11 is 8.39. The van der Waals surface area contributed by atoms with Gasteiger partial charge in [0.15, 0.2) is 0 Å². The summed E-state index contributed by atoms with van der Waals surface area (Å²) in [5.41, 5.74) is 7.11. The van der Waals surface area contributed by atoms with E-state index in [9.17, 15) is 4.79 Å². The molecule has 0 saturated heterocycles. The SMILES string of the molecule is COC(=O)C(Nc1ccc(Br)cc1C(N)=S)C(C)C. The Bertz CT molecular complexity index is 492. The summed E-state index contributed by atoms with van der Waals surface area (Å²) in [6.07, 6.45) is 0. The number of hydrogen-bond acceptors (Lipinski definition) is 4. The molecular weight excluding hydrogens is 328 g/mol. The largest absolute Gasteiger partial charge is 0.467 e. The van der Waals surface area contributed by atoms with Crippen LogP contribution in [0.2, 0.25) is 0 Å². The average molecular weight is 345 g/mol. The van der Waals surface area contributed by atoms with Crippen molar-refractivity contribution in [2.24, 2.45) is 11.7 Å². The van der Waals surface area contributed by atoms with Gasteiger partial charge < -0.3 is 15.8 Å². The number of anilines is 1. The van der Waals surface area contributed by atoms with E-state index in [-0.39, 0.29) is 16.9 Å². The maximum atomic E-state index is 11.7. The number of hydrogen-bond donors (Lipinski definition) is 2. The predicted molar refractivity (Wildman–Crippen MR) is 84.3 cm³/mol. The Morgan fingerprint density at radius 2 is 2.11 bits per heavy atom. The van der Waals surface area contributed by atoms with Gasteiger partial charge in [-0.2, -0.15) is 0 Å². The first-order valence-corrected chi connectivity index (χ1v) is 7.00. The van der Waals surface area contributed by atoms with Crippen LogP contribution in [0.5, 0.6) is 0 Å². The standard InChI is InChI=1S/C13H17BrN2O2S/c1-7(2)11(13(17)18-3)16-10-5-4-8(14)6-9(10)12(15)19/h4-7,11,16H,1-3H3,(H2,15,19). The number of nitrogens with one attached hydrogen (secondary N) is 1. The molecule has 0 aliphatic carbocycles. The molecule has 0 aromatic heterocycles. The Balaban J connectivity index is 3.09. The Morgan fingerprint density at radius 1 is 1.47 bits per heavy atom. The highest BCUT2D eigenvalue weighted by Crippen LogP contribution is 2.23. The van der Waals surface area contributed by atoms with Crippen LogP contribution in [0.3, 0.4) is 0 Å². The molecule has 1 atom stereocenters. The lowest BCUT2D eigenvalue weighted by Crippen LogP contribution is -2.36. The minimum atomic E-state index is -0.445. The first-order chi connectivity index (χ1) is 8.86. The van der Waals surface area contributed by atoms with E-state index in [4.69, 9.17) is 22.7 Å². The van der Waals surface area contributed by atoms with E-state index in [0.29, 0.717) is 5.56 Å². The van der Waals surface area contributed by atoms with Gasteiger partial charge in [0.1, 0.15) is 11.0 Å². The summed E-state index contributed by atoms with van der Waals surface area (Å²) in [6.45, 7) is 3.88. The van der Waals surface area contributed by atoms with Gasteiger partial charge in [0.2, 0.25) is 0 Å². The fraction of sp³-hybridized carbons (Fsp3) is 0.385. The van der Waals surface area contributed by atoms with Crippen LogP contribution < -0.4 is 11.1 Å². The molecular formula is C13H17BrN2O2S. The lowest BCUT2D eigenvalue weighted by Gasteiger charge is -2.22. The average Bonchev–Trinajstić information content (AvgIpc) is 2.35. The van der Waals surface area contributed by atoms with Gasteiger partial charge in [-0.15, -0.1) is 0 Å². The maximum Gasteiger partial charge on any atom is 0.328 e. The van der Waals surface area contributed by atoms with Crippen molar-refractivity contribution in [1.82, 2.24) is 0 Å². The fourth-order valence-corrected chi connectivity index (χ4v) is 2.17. The monoisotopic (exact) mass is 344 g/mol. The third-order valence-electron chi connectivity index (χ3n) is 2.68. The molecule has 1 aromatic carbocycles. The van der Waals surface area contributed by atoms with E-state index in [1.165, 1.54) is 7.11 Å². The van der Waals surface area contributed by atoms with E-state index in [2.05, 4.69) is 21.2 Å². The predicted octanol–water partition coefficient (Wildman–Crippen LogP) is 2.69. The van der Waals surface area contributed by atoms with Crippen molar-refractivity contribution in [3.8, 4) is 0 Å². The Hall–Kier alpha value is -1.14. The number of benzene rings is 1. The van der Waals surface area contributed by atoms with Gasteiger partial charge >= 0.3 is 5.97 Å². The molecule has 0 bridgehead atoms. The van der Waals surface area contributed by atoms with Crippen molar-refractivity contribution >= 4 is 44.8 Å².